The summed E-state index contributed by atoms with van der Waals surface area (Å²) in [6.45, 7) is 1.24. The number of rotatable bonds is 5. The standard InChI is InChI=1S/C15H26N2O3/c16-8-10-4-6-11(7-5-10)14(18)17-9-12-2-1-3-13(12)15(19)20/h10-13H,1-9,16H2,(H,17,18)(H,19,20). The van der Waals surface area contributed by atoms with Crippen molar-refractivity contribution in [1.29, 1.82) is 0 Å². The maximum atomic E-state index is 12.1. The molecule has 0 aromatic carbocycles. The summed E-state index contributed by atoms with van der Waals surface area (Å²) in [7, 11) is 0. The largest absolute Gasteiger partial charge is 0.481 e. The van der Waals surface area contributed by atoms with Gasteiger partial charge in [0.1, 0.15) is 0 Å². The minimum Gasteiger partial charge on any atom is -0.481 e. The minimum atomic E-state index is -0.717. The molecule has 2 aliphatic rings. The molecule has 2 unspecified atom stereocenters. The van der Waals surface area contributed by atoms with Crippen LogP contribution in [0.25, 0.3) is 0 Å². The highest BCUT2D eigenvalue weighted by atomic mass is 16.4. The van der Waals surface area contributed by atoms with Gasteiger partial charge in [0.25, 0.3) is 0 Å². The predicted molar refractivity (Wildman–Crippen MR) is 76.0 cm³/mol. The van der Waals surface area contributed by atoms with Gasteiger partial charge in [0.2, 0.25) is 5.91 Å². The van der Waals surface area contributed by atoms with Crippen LogP contribution in [0.3, 0.4) is 0 Å². The second-order valence-corrected chi connectivity index (χ2v) is 6.33. The molecule has 0 radical (unpaired) electrons. The smallest absolute Gasteiger partial charge is 0.306 e. The van der Waals surface area contributed by atoms with E-state index in [-0.39, 0.29) is 23.7 Å². The number of carbonyl (C=O) groups excluding carboxylic acids is 1. The number of hydrogen-bond acceptors (Lipinski definition) is 3. The van der Waals surface area contributed by atoms with E-state index in [4.69, 9.17) is 10.8 Å². The lowest BCUT2D eigenvalue weighted by molar-refractivity contribution is -0.143. The van der Waals surface area contributed by atoms with Crippen molar-refractivity contribution < 1.29 is 14.7 Å². The van der Waals surface area contributed by atoms with Crippen LogP contribution >= 0.6 is 0 Å². The first-order valence-electron chi connectivity index (χ1n) is 7.82. The topological polar surface area (TPSA) is 92.4 Å². The van der Waals surface area contributed by atoms with Crippen LogP contribution in [-0.4, -0.2) is 30.1 Å². The third-order valence-electron chi connectivity index (χ3n) is 5.07. The Bertz CT molecular complexity index is 351. The Hall–Kier alpha value is -1.10. The summed E-state index contributed by atoms with van der Waals surface area (Å²) in [6.07, 6.45) is 6.53. The fraction of sp³-hybridized carbons (Fsp3) is 0.867. The molecule has 5 nitrogen and oxygen atoms in total. The van der Waals surface area contributed by atoms with Crippen LogP contribution in [0.4, 0.5) is 0 Å². The molecule has 114 valence electrons. The molecule has 2 atom stereocenters. The maximum Gasteiger partial charge on any atom is 0.306 e. The number of hydrogen-bond donors (Lipinski definition) is 3. The van der Waals surface area contributed by atoms with Crippen molar-refractivity contribution in [3.63, 3.8) is 0 Å². The summed E-state index contributed by atoms with van der Waals surface area (Å²) < 4.78 is 0. The number of carboxylic acids is 1. The highest BCUT2D eigenvalue weighted by Gasteiger charge is 2.33. The van der Waals surface area contributed by atoms with Crippen molar-refractivity contribution in [2.24, 2.45) is 29.4 Å². The molecule has 0 bridgehead atoms. The zero-order valence-electron chi connectivity index (χ0n) is 12.0. The van der Waals surface area contributed by atoms with Gasteiger partial charge in [-0.15, -0.1) is 0 Å². The Morgan fingerprint density at radius 3 is 2.40 bits per heavy atom. The average Bonchev–Trinajstić information content (AvgIpc) is 2.93. The Kier molecular flexibility index (Phi) is 5.40. The van der Waals surface area contributed by atoms with Crippen LogP contribution in [0.1, 0.15) is 44.9 Å². The molecular formula is C15H26N2O3. The van der Waals surface area contributed by atoms with Crippen molar-refractivity contribution in [1.82, 2.24) is 5.32 Å². The highest BCUT2D eigenvalue weighted by Crippen LogP contribution is 2.32. The maximum absolute atomic E-state index is 12.1. The van der Waals surface area contributed by atoms with Crippen LogP contribution in [0.2, 0.25) is 0 Å². The summed E-state index contributed by atoms with van der Waals surface area (Å²) in [6, 6.07) is 0. The van der Waals surface area contributed by atoms with Crippen LogP contribution in [-0.2, 0) is 9.59 Å². The zero-order valence-corrected chi connectivity index (χ0v) is 12.0. The number of nitrogens with two attached hydrogens (primary N) is 1. The van der Waals surface area contributed by atoms with Gasteiger partial charge >= 0.3 is 5.97 Å². The van der Waals surface area contributed by atoms with E-state index in [9.17, 15) is 9.59 Å². The van der Waals surface area contributed by atoms with Crippen molar-refractivity contribution >= 4 is 11.9 Å². The molecule has 1 amide bonds. The lowest BCUT2D eigenvalue weighted by Gasteiger charge is -2.27. The minimum absolute atomic E-state index is 0.0995. The molecule has 0 aliphatic heterocycles. The van der Waals surface area contributed by atoms with E-state index in [0.29, 0.717) is 12.5 Å². The van der Waals surface area contributed by atoms with Gasteiger partial charge in [-0.25, -0.2) is 0 Å². The van der Waals surface area contributed by atoms with Gasteiger partial charge in [-0.2, -0.15) is 0 Å². The fourth-order valence-electron chi connectivity index (χ4n) is 3.64. The lowest BCUT2D eigenvalue weighted by Crippen LogP contribution is -2.38. The van der Waals surface area contributed by atoms with Crippen molar-refractivity contribution in [2.45, 2.75) is 44.9 Å². The van der Waals surface area contributed by atoms with Crippen LogP contribution < -0.4 is 11.1 Å². The molecule has 0 spiro atoms. The fourth-order valence-corrected chi connectivity index (χ4v) is 3.64. The van der Waals surface area contributed by atoms with Gasteiger partial charge in [-0.1, -0.05) is 6.42 Å². The molecule has 2 aliphatic carbocycles. The van der Waals surface area contributed by atoms with Crippen LogP contribution in [0, 0.1) is 23.7 Å². The van der Waals surface area contributed by atoms with Gasteiger partial charge in [0, 0.05) is 12.5 Å². The Balaban J connectivity index is 1.74. The number of carbonyl (C=O) groups is 2. The molecule has 5 heteroatoms. The molecule has 2 fully saturated rings. The van der Waals surface area contributed by atoms with E-state index in [0.717, 1.165) is 51.5 Å². The van der Waals surface area contributed by atoms with E-state index in [1.165, 1.54) is 0 Å². The first-order valence-corrected chi connectivity index (χ1v) is 7.82. The molecule has 2 saturated carbocycles. The van der Waals surface area contributed by atoms with Crippen molar-refractivity contribution in [3.05, 3.63) is 0 Å². The van der Waals surface area contributed by atoms with Gasteiger partial charge < -0.3 is 16.2 Å². The Labute approximate surface area is 120 Å². The normalized spacial score (nSPS) is 33.9. The molecular weight excluding hydrogens is 256 g/mol. The van der Waals surface area contributed by atoms with Gasteiger partial charge in [0.05, 0.1) is 5.92 Å². The molecule has 4 N–H and O–H groups in total. The quantitative estimate of drug-likeness (QED) is 0.710. The monoisotopic (exact) mass is 282 g/mol. The second kappa shape index (κ2) is 7.07. The average molecular weight is 282 g/mol. The third kappa shape index (κ3) is 3.72. The first kappa shape index (κ1) is 15.3. The lowest BCUT2D eigenvalue weighted by atomic mass is 9.81. The third-order valence-corrected chi connectivity index (χ3v) is 5.07. The van der Waals surface area contributed by atoms with Gasteiger partial charge in [-0.3, -0.25) is 9.59 Å². The van der Waals surface area contributed by atoms with Crippen LogP contribution in [0.15, 0.2) is 0 Å². The summed E-state index contributed by atoms with van der Waals surface area (Å²) >= 11 is 0. The molecule has 0 aromatic rings. The summed E-state index contributed by atoms with van der Waals surface area (Å²) in [5, 5.41) is 12.1. The summed E-state index contributed by atoms with van der Waals surface area (Å²) in [5.41, 5.74) is 5.65. The van der Waals surface area contributed by atoms with E-state index in [2.05, 4.69) is 5.32 Å². The van der Waals surface area contributed by atoms with Gasteiger partial charge in [-0.05, 0) is 56.9 Å². The van der Waals surface area contributed by atoms with E-state index in [1.54, 1.807) is 0 Å². The number of amides is 1. The number of aliphatic carboxylic acids is 1. The molecule has 0 saturated heterocycles. The first-order chi connectivity index (χ1) is 9.61. The molecule has 2 rings (SSSR count). The Morgan fingerprint density at radius 2 is 1.80 bits per heavy atom. The zero-order chi connectivity index (χ0) is 14.5. The number of nitrogens with one attached hydrogen (secondary N) is 1. The summed E-state index contributed by atoms with van der Waals surface area (Å²) in [4.78, 5) is 23.2. The number of carboxylic acid groups (broad SMARTS) is 1. The van der Waals surface area contributed by atoms with Gasteiger partial charge in [0.15, 0.2) is 0 Å². The van der Waals surface area contributed by atoms with Crippen LogP contribution in [0.5, 0.6) is 0 Å². The molecule has 0 heterocycles. The molecule has 20 heavy (non-hydrogen) atoms. The highest BCUT2D eigenvalue weighted by molar-refractivity contribution is 5.78. The SMILES string of the molecule is NCC1CCC(C(=O)NCC2CCCC2C(=O)O)CC1. The van der Waals surface area contributed by atoms with E-state index >= 15 is 0 Å². The van der Waals surface area contributed by atoms with Crippen molar-refractivity contribution in [3.8, 4) is 0 Å². The van der Waals surface area contributed by atoms with E-state index < -0.39 is 5.97 Å². The van der Waals surface area contributed by atoms with Crippen molar-refractivity contribution in [2.75, 3.05) is 13.1 Å². The van der Waals surface area contributed by atoms with E-state index in [1.807, 2.05) is 0 Å². The second-order valence-electron chi connectivity index (χ2n) is 6.33. The molecule has 0 aromatic heterocycles. The predicted octanol–water partition coefficient (Wildman–Crippen LogP) is 1.37. The summed E-state index contributed by atoms with van der Waals surface area (Å²) in [5.74, 6) is -0.102. The Morgan fingerprint density at radius 1 is 1.10 bits per heavy atom.